The molecule has 2 aromatic rings. The van der Waals surface area contributed by atoms with Crippen LogP contribution < -0.4 is 5.32 Å². The Morgan fingerprint density at radius 3 is 2.67 bits per heavy atom. The maximum atomic E-state index is 12.4. The predicted octanol–water partition coefficient (Wildman–Crippen LogP) is 2.71. The van der Waals surface area contributed by atoms with Gasteiger partial charge < -0.3 is 5.32 Å². The molecule has 1 aliphatic rings. The Hall–Kier alpha value is -2.42. The number of amides is 1. The predicted molar refractivity (Wildman–Crippen MR) is 81.7 cm³/mol. The van der Waals surface area contributed by atoms with Crippen LogP contribution in [-0.2, 0) is 12.8 Å². The van der Waals surface area contributed by atoms with Crippen molar-refractivity contribution in [2.45, 2.75) is 19.8 Å². The molecule has 1 N–H and O–H groups in total. The highest BCUT2D eigenvalue weighted by molar-refractivity contribution is 6.02. The highest BCUT2D eigenvalue weighted by atomic mass is 16.1. The van der Waals surface area contributed by atoms with E-state index in [9.17, 15) is 9.59 Å². The molecule has 3 nitrogen and oxygen atoms in total. The van der Waals surface area contributed by atoms with E-state index in [1.165, 1.54) is 5.56 Å². The molecule has 1 heterocycles. The number of benzene rings is 2. The second kappa shape index (κ2) is 5.52. The van der Waals surface area contributed by atoms with E-state index in [2.05, 4.69) is 5.32 Å². The van der Waals surface area contributed by atoms with Crippen molar-refractivity contribution in [3.63, 3.8) is 0 Å². The number of aryl methyl sites for hydroxylation is 1. The molecule has 0 atom stereocenters. The number of rotatable bonds is 3. The topological polar surface area (TPSA) is 46.2 Å². The minimum absolute atomic E-state index is 0.0417. The third-order valence-electron chi connectivity index (χ3n) is 3.84. The summed E-state index contributed by atoms with van der Waals surface area (Å²) in [7, 11) is 0. The first kappa shape index (κ1) is 13.6. The molecule has 106 valence electrons. The lowest BCUT2D eigenvalue weighted by atomic mass is 9.94. The maximum absolute atomic E-state index is 12.4. The zero-order valence-corrected chi connectivity index (χ0v) is 12.0. The number of carbonyl (C=O) groups is 2. The maximum Gasteiger partial charge on any atom is 0.251 e. The van der Waals surface area contributed by atoms with Gasteiger partial charge in [-0.05, 0) is 30.5 Å². The van der Waals surface area contributed by atoms with Crippen molar-refractivity contribution in [3.05, 3.63) is 70.3 Å². The molecule has 0 unspecified atom stereocenters. The molecule has 0 aromatic heterocycles. The smallest absolute Gasteiger partial charge is 0.251 e. The third-order valence-corrected chi connectivity index (χ3v) is 3.84. The summed E-state index contributed by atoms with van der Waals surface area (Å²) < 4.78 is 0. The minimum Gasteiger partial charge on any atom is -0.352 e. The molecule has 0 saturated carbocycles. The fourth-order valence-corrected chi connectivity index (χ4v) is 2.58. The average molecular weight is 279 g/mol. The van der Waals surface area contributed by atoms with Gasteiger partial charge in [-0.25, -0.2) is 0 Å². The molecule has 2 aromatic carbocycles. The van der Waals surface area contributed by atoms with Gasteiger partial charge in [-0.15, -0.1) is 0 Å². The SMILES string of the molecule is Cc1ccc(CC(=O)c2ccc3c(c2)C(=O)NCC3)cc1. The van der Waals surface area contributed by atoms with Crippen LogP contribution in [0, 0.1) is 6.92 Å². The van der Waals surface area contributed by atoms with Gasteiger partial charge in [0.05, 0.1) is 0 Å². The van der Waals surface area contributed by atoms with Crippen molar-refractivity contribution >= 4 is 11.7 Å². The van der Waals surface area contributed by atoms with Crippen LogP contribution in [0.1, 0.15) is 37.4 Å². The van der Waals surface area contributed by atoms with Crippen molar-refractivity contribution in [2.75, 3.05) is 6.54 Å². The first-order valence-electron chi connectivity index (χ1n) is 7.13. The molecule has 3 rings (SSSR count). The van der Waals surface area contributed by atoms with Crippen molar-refractivity contribution in [3.8, 4) is 0 Å². The summed E-state index contributed by atoms with van der Waals surface area (Å²) in [6.07, 6.45) is 1.19. The lowest BCUT2D eigenvalue weighted by Gasteiger charge is -2.16. The molecule has 0 spiro atoms. The fraction of sp³-hybridized carbons (Fsp3) is 0.222. The van der Waals surface area contributed by atoms with Gasteiger partial charge in [-0.2, -0.15) is 0 Å². The first-order valence-corrected chi connectivity index (χ1v) is 7.13. The molecule has 0 fully saturated rings. The average Bonchev–Trinajstić information content (AvgIpc) is 2.50. The molecule has 3 heteroatoms. The molecule has 21 heavy (non-hydrogen) atoms. The number of Topliss-reactive ketones (excluding diaryl/α,β-unsaturated/α-hetero) is 1. The van der Waals surface area contributed by atoms with Crippen LogP contribution in [0.5, 0.6) is 0 Å². The van der Waals surface area contributed by atoms with Gasteiger partial charge in [0.25, 0.3) is 5.91 Å². The van der Waals surface area contributed by atoms with Crippen LogP contribution >= 0.6 is 0 Å². The minimum atomic E-state index is -0.0822. The Kier molecular flexibility index (Phi) is 3.57. The number of nitrogens with one attached hydrogen (secondary N) is 1. The Labute approximate surface area is 124 Å². The Morgan fingerprint density at radius 2 is 1.90 bits per heavy atom. The third kappa shape index (κ3) is 2.87. The van der Waals surface area contributed by atoms with E-state index in [0.717, 1.165) is 17.5 Å². The van der Waals surface area contributed by atoms with E-state index in [4.69, 9.17) is 0 Å². The molecule has 0 saturated heterocycles. The number of hydrogen-bond acceptors (Lipinski definition) is 2. The van der Waals surface area contributed by atoms with Gasteiger partial charge in [-0.1, -0.05) is 42.0 Å². The molecule has 0 bridgehead atoms. The number of hydrogen-bond donors (Lipinski definition) is 1. The summed E-state index contributed by atoms with van der Waals surface area (Å²) in [5.74, 6) is -0.0405. The number of ketones is 1. The Bertz CT molecular complexity index is 702. The van der Waals surface area contributed by atoms with Crippen LogP contribution in [0.2, 0.25) is 0 Å². The number of carbonyl (C=O) groups excluding carboxylic acids is 2. The van der Waals surface area contributed by atoms with Crippen LogP contribution in [0.3, 0.4) is 0 Å². The van der Waals surface area contributed by atoms with Crippen molar-refractivity contribution in [1.29, 1.82) is 0 Å². The lowest BCUT2D eigenvalue weighted by Crippen LogP contribution is -2.32. The lowest BCUT2D eigenvalue weighted by molar-refractivity contribution is 0.0946. The largest absolute Gasteiger partial charge is 0.352 e. The van der Waals surface area contributed by atoms with E-state index in [1.807, 2.05) is 43.3 Å². The van der Waals surface area contributed by atoms with E-state index >= 15 is 0 Å². The summed E-state index contributed by atoms with van der Waals surface area (Å²) in [6.45, 7) is 2.69. The van der Waals surface area contributed by atoms with Crippen LogP contribution in [0.25, 0.3) is 0 Å². The van der Waals surface area contributed by atoms with Crippen molar-refractivity contribution in [1.82, 2.24) is 5.32 Å². The highest BCUT2D eigenvalue weighted by Gasteiger charge is 2.18. The first-order chi connectivity index (χ1) is 10.1. The fourth-order valence-electron chi connectivity index (χ4n) is 2.58. The van der Waals surface area contributed by atoms with Gasteiger partial charge in [0.1, 0.15) is 0 Å². The molecular formula is C18H17NO2. The van der Waals surface area contributed by atoms with Crippen LogP contribution in [0.4, 0.5) is 0 Å². The monoisotopic (exact) mass is 279 g/mol. The highest BCUT2D eigenvalue weighted by Crippen LogP contribution is 2.17. The van der Waals surface area contributed by atoms with Gasteiger partial charge in [0.2, 0.25) is 0 Å². The second-order valence-corrected chi connectivity index (χ2v) is 5.46. The zero-order valence-electron chi connectivity index (χ0n) is 12.0. The number of fused-ring (bicyclic) bond motifs is 1. The van der Waals surface area contributed by atoms with Crippen LogP contribution in [-0.4, -0.2) is 18.2 Å². The zero-order chi connectivity index (χ0) is 14.8. The summed E-state index contributed by atoms with van der Waals surface area (Å²) >= 11 is 0. The summed E-state index contributed by atoms with van der Waals surface area (Å²) in [5, 5.41) is 2.81. The Morgan fingerprint density at radius 1 is 1.14 bits per heavy atom. The molecular weight excluding hydrogens is 262 g/mol. The molecule has 0 radical (unpaired) electrons. The molecule has 0 aliphatic carbocycles. The standard InChI is InChI=1S/C18H17NO2/c1-12-2-4-13(5-3-12)10-17(20)15-7-6-14-8-9-19-18(21)16(14)11-15/h2-7,11H,8-10H2,1H3,(H,19,21). The van der Waals surface area contributed by atoms with Crippen LogP contribution in [0.15, 0.2) is 42.5 Å². The van der Waals surface area contributed by atoms with Gasteiger partial charge >= 0.3 is 0 Å². The quantitative estimate of drug-likeness (QED) is 0.878. The molecule has 1 aliphatic heterocycles. The van der Waals surface area contributed by atoms with Gasteiger partial charge in [0.15, 0.2) is 5.78 Å². The second-order valence-electron chi connectivity index (χ2n) is 5.46. The Balaban J connectivity index is 1.83. The summed E-state index contributed by atoms with van der Waals surface area (Å²) in [5.41, 5.74) is 4.43. The van der Waals surface area contributed by atoms with E-state index < -0.39 is 0 Å². The van der Waals surface area contributed by atoms with Crippen molar-refractivity contribution in [2.24, 2.45) is 0 Å². The van der Waals surface area contributed by atoms with Gasteiger partial charge in [0, 0.05) is 24.1 Å². The van der Waals surface area contributed by atoms with Crippen molar-refractivity contribution < 1.29 is 9.59 Å². The normalized spacial score (nSPS) is 13.5. The van der Waals surface area contributed by atoms with E-state index in [0.29, 0.717) is 24.1 Å². The summed E-state index contributed by atoms with van der Waals surface area (Å²) in [6, 6.07) is 13.4. The molecule has 1 amide bonds. The van der Waals surface area contributed by atoms with E-state index in [-0.39, 0.29) is 11.7 Å². The van der Waals surface area contributed by atoms with Gasteiger partial charge in [-0.3, -0.25) is 9.59 Å². The van der Waals surface area contributed by atoms with E-state index in [1.54, 1.807) is 6.07 Å². The summed E-state index contributed by atoms with van der Waals surface area (Å²) in [4.78, 5) is 24.2.